The van der Waals surface area contributed by atoms with E-state index in [1.165, 1.54) is 0 Å². The minimum absolute atomic E-state index is 0.153. The van der Waals surface area contributed by atoms with Crippen LogP contribution in [-0.2, 0) is 16.0 Å². The Morgan fingerprint density at radius 3 is 3.05 bits per heavy atom. The van der Waals surface area contributed by atoms with Crippen molar-refractivity contribution in [1.82, 2.24) is 20.7 Å². The zero-order valence-corrected chi connectivity index (χ0v) is 11.3. The first kappa shape index (κ1) is 13.3. The van der Waals surface area contributed by atoms with Crippen LogP contribution in [0.5, 0.6) is 0 Å². The van der Waals surface area contributed by atoms with Gasteiger partial charge in [0, 0.05) is 19.4 Å². The summed E-state index contributed by atoms with van der Waals surface area (Å²) in [6.45, 7) is 0.519. The number of amides is 2. The molecule has 0 bridgehead atoms. The quantitative estimate of drug-likeness (QED) is 0.762. The highest BCUT2D eigenvalue weighted by Gasteiger charge is 2.17. The van der Waals surface area contributed by atoms with Crippen LogP contribution in [0.4, 0.5) is 0 Å². The van der Waals surface area contributed by atoms with E-state index in [0.717, 1.165) is 23.0 Å². The molecule has 1 aliphatic heterocycles. The molecule has 108 valence electrons. The molecule has 21 heavy (non-hydrogen) atoms. The van der Waals surface area contributed by atoms with Gasteiger partial charge in [0.05, 0.1) is 17.4 Å². The summed E-state index contributed by atoms with van der Waals surface area (Å²) < 4.78 is 0. The molecule has 0 saturated heterocycles. The lowest BCUT2D eigenvalue weighted by atomic mass is 10.1. The maximum atomic E-state index is 11.9. The predicted molar refractivity (Wildman–Crippen MR) is 77.6 cm³/mol. The molecule has 0 atom stereocenters. The molecular weight excluding hydrogens is 270 g/mol. The number of carbonyl (C=O) groups is 2. The number of carbonyl (C=O) groups excluding carboxylic acids is 2. The fraction of sp³-hybridized carbons (Fsp3) is 0.286. The number of nitrogens with one attached hydrogen (secondary N) is 3. The van der Waals surface area contributed by atoms with Gasteiger partial charge in [-0.05, 0) is 24.1 Å². The Morgan fingerprint density at radius 2 is 2.24 bits per heavy atom. The van der Waals surface area contributed by atoms with Crippen LogP contribution in [0.3, 0.4) is 0 Å². The van der Waals surface area contributed by atoms with Crippen molar-refractivity contribution in [3.05, 3.63) is 30.1 Å². The third-order valence-corrected chi connectivity index (χ3v) is 3.35. The zero-order valence-electron chi connectivity index (χ0n) is 11.3. The number of aromatic amines is 1. The minimum Gasteiger partial charge on any atom is -0.351 e. The molecule has 0 saturated carbocycles. The topological polar surface area (TPSA) is 99.2 Å². The summed E-state index contributed by atoms with van der Waals surface area (Å²) in [5, 5.41) is 6.57. The van der Waals surface area contributed by atoms with Gasteiger partial charge in [0.25, 0.3) is 5.91 Å². The molecule has 1 aliphatic rings. The number of rotatable bonds is 4. The second kappa shape index (κ2) is 5.74. The summed E-state index contributed by atoms with van der Waals surface area (Å²) in [7, 11) is 0. The Bertz CT molecular complexity index is 719. The van der Waals surface area contributed by atoms with Gasteiger partial charge in [-0.25, -0.2) is 10.4 Å². The van der Waals surface area contributed by atoms with E-state index < -0.39 is 0 Å². The Kier molecular flexibility index (Phi) is 3.63. The van der Waals surface area contributed by atoms with Crippen LogP contribution in [0.25, 0.3) is 11.0 Å². The number of benzene rings is 1. The monoisotopic (exact) mass is 285 g/mol. The first-order chi connectivity index (χ1) is 10.2. The van der Waals surface area contributed by atoms with E-state index in [9.17, 15) is 9.59 Å². The Hall–Kier alpha value is -2.70. The molecular formula is C14H15N5O2. The number of hydrogen-bond donors (Lipinski definition) is 3. The summed E-state index contributed by atoms with van der Waals surface area (Å²) in [5.41, 5.74) is 5.72. The van der Waals surface area contributed by atoms with Crippen molar-refractivity contribution in [3.63, 3.8) is 0 Å². The van der Waals surface area contributed by atoms with Gasteiger partial charge >= 0.3 is 0 Å². The predicted octanol–water partition coefficient (Wildman–Crippen LogP) is 0.488. The summed E-state index contributed by atoms with van der Waals surface area (Å²) >= 11 is 0. The number of aromatic nitrogens is 2. The summed E-state index contributed by atoms with van der Waals surface area (Å²) in [6, 6.07) is 5.96. The number of fused-ring (bicyclic) bond motifs is 1. The molecule has 7 heteroatoms. The number of hydrazone groups is 1. The Balaban J connectivity index is 1.53. The SMILES string of the molecule is O=C1CCC(C(=O)NCCc2ccc3nc[nH]c3c2)=NN1. The number of imidazole rings is 1. The molecule has 0 radical (unpaired) electrons. The molecule has 0 aliphatic carbocycles. The van der Waals surface area contributed by atoms with Crippen molar-refractivity contribution in [2.45, 2.75) is 19.3 Å². The Morgan fingerprint density at radius 1 is 1.33 bits per heavy atom. The van der Waals surface area contributed by atoms with Gasteiger partial charge in [-0.2, -0.15) is 5.10 Å². The van der Waals surface area contributed by atoms with Crippen molar-refractivity contribution < 1.29 is 9.59 Å². The van der Waals surface area contributed by atoms with Gasteiger partial charge in [0.2, 0.25) is 5.91 Å². The first-order valence-electron chi connectivity index (χ1n) is 6.78. The average Bonchev–Trinajstić information content (AvgIpc) is 2.95. The summed E-state index contributed by atoms with van der Waals surface area (Å²) in [6.07, 6.45) is 3.08. The molecule has 2 amide bonds. The highest BCUT2D eigenvalue weighted by molar-refractivity contribution is 6.39. The molecule has 3 rings (SSSR count). The molecule has 1 aromatic carbocycles. The second-order valence-electron chi connectivity index (χ2n) is 4.85. The Labute approximate surface area is 120 Å². The maximum absolute atomic E-state index is 11.9. The lowest BCUT2D eigenvalue weighted by Gasteiger charge is -2.11. The van der Waals surface area contributed by atoms with Crippen LogP contribution in [0.1, 0.15) is 18.4 Å². The van der Waals surface area contributed by atoms with E-state index in [4.69, 9.17) is 0 Å². The summed E-state index contributed by atoms with van der Waals surface area (Å²) in [5.74, 6) is -0.378. The van der Waals surface area contributed by atoms with Crippen molar-refractivity contribution in [1.29, 1.82) is 0 Å². The first-order valence-corrected chi connectivity index (χ1v) is 6.78. The zero-order chi connectivity index (χ0) is 14.7. The third-order valence-electron chi connectivity index (χ3n) is 3.35. The van der Waals surface area contributed by atoms with Gasteiger partial charge in [0.15, 0.2) is 0 Å². The number of H-pyrrole nitrogens is 1. The van der Waals surface area contributed by atoms with Gasteiger partial charge in [-0.3, -0.25) is 9.59 Å². The maximum Gasteiger partial charge on any atom is 0.267 e. The fourth-order valence-corrected chi connectivity index (χ4v) is 2.20. The molecule has 1 aromatic heterocycles. The van der Waals surface area contributed by atoms with Crippen molar-refractivity contribution in [2.24, 2.45) is 5.10 Å². The number of hydrogen-bond acceptors (Lipinski definition) is 4. The highest BCUT2D eigenvalue weighted by Crippen LogP contribution is 2.11. The average molecular weight is 285 g/mol. The number of nitrogens with zero attached hydrogens (tertiary/aromatic N) is 2. The van der Waals surface area contributed by atoms with Crippen LogP contribution in [-0.4, -0.2) is 34.0 Å². The standard InChI is InChI=1S/C14H15N5O2/c20-13-4-3-11(18-19-13)14(21)15-6-5-9-1-2-10-12(7-9)17-8-16-10/h1-2,7-8H,3-6H2,(H,15,21)(H,16,17)(H,19,20). The van der Waals surface area contributed by atoms with Gasteiger partial charge in [0.1, 0.15) is 5.71 Å². The van der Waals surface area contributed by atoms with Crippen LogP contribution in [0, 0.1) is 0 Å². The minimum atomic E-state index is -0.224. The van der Waals surface area contributed by atoms with Gasteiger partial charge in [-0.15, -0.1) is 0 Å². The van der Waals surface area contributed by atoms with Crippen LogP contribution >= 0.6 is 0 Å². The lowest BCUT2D eigenvalue weighted by Crippen LogP contribution is -2.37. The lowest BCUT2D eigenvalue weighted by molar-refractivity contribution is -0.121. The largest absolute Gasteiger partial charge is 0.351 e. The molecule has 7 nitrogen and oxygen atoms in total. The van der Waals surface area contributed by atoms with Crippen LogP contribution < -0.4 is 10.7 Å². The smallest absolute Gasteiger partial charge is 0.267 e. The van der Waals surface area contributed by atoms with Gasteiger partial charge in [-0.1, -0.05) is 6.07 Å². The van der Waals surface area contributed by atoms with Crippen molar-refractivity contribution in [3.8, 4) is 0 Å². The normalized spacial score (nSPS) is 14.7. The molecule has 0 spiro atoms. The molecule has 2 heterocycles. The molecule has 3 N–H and O–H groups in total. The van der Waals surface area contributed by atoms with E-state index in [1.807, 2.05) is 18.2 Å². The molecule has 0 unspecified atom stereocenters. The third kappa shape index (κ3) is 3.07. The molecule has 2 aromatic rings. The van der Waals surface area contributed by atoms with Crippen LogP contribution in [0.2, 0.25) is 0 Å². The van der Waals surface area contributed by atoms with Crippen molar-refractivity contribution in [2.75, 3.05) is 6.54 Å². The van der Waals surface area contributed by atoms with E-state index in [0.29, 0.717) is 25.1 Å². The van der Waals surface area contributed by atoms with Crippen LogP contribution in [0.15, 0.2) is 29.6 Å². The van der Waals surface area contributed by atoms with E-state index in [-0.39, 0.29) is 11.8 Å². The van der Waals surface area contributed by atoms with E-state index in [1.54, 1.807) is 6.33 Å². The van der Waals surface area contributed by atoms with Gasteiger partial charge < -0.3 is 10.3 Å². The summed E-state index contributed by atoms with van der Waals surface area (Å²) in [4.78, 5) is 30.0. The van der Waals surface area contributed by atoms with E-state index in [2.05, 4.69) is 25.8 Å². The second-order valence-corrected chi connectivity index (χ2v) is 4.85. The van der Waals surface area contributed by atoms with E-state index >= 15 is 0 Å². The van der Waals surface area contributed by atoms with Crippen molar-refractivity contribution >= 4 is 28.6 Å². The molecule has 0 fully saturated rings. The fourth-order valence-electron chi connectivity index (χ4n) is 2.20. The highest BCUT2D eigenvalue weighted by atomic mass is 16.2.